The van der Waals surface area contributed by atoms with E-state index in [1.807, 2.05) is 0 Å². The van der Waals surface area contributed by atoms with E-state index in [1.165, 1.54) is 0 Å². The molecular formula is HFO2SSi. The Morgan fingerprint density at radius 3 is 1.80 bits per heavy atom. The van der Waals surface area contributed by atoms with Crippen LogP contribution in [0.4, 0.5) is 4.11 Å². The Bertz CT molecular complexity index is 113. The molecule has 0 aliphatic heterocycles. The van der Waals surface area contributed by atoms with Crippen LogP contribution in [-0.4, -0.2) is 17.0 Å². The summed E-state index contributed by atoms with van der Waals surface area (Å²) in [6.07, 6.45) is 0. The zero-order valence-electron chi connectivity index (χ0n) is 2.18. The quantitative estimate of drug-likeness (QED) is 0.300. The van der Waals surface area contributed by atoms with Crippen LogP contribution in [0.3, 0.4) is 0 Å². The molecule has 2 nitrogen and oxygen atoms in total. The lowest BCUT2D eigenvalue weighted by molar-refractivity contribution is 0.626. The highest BCUT2D eigenvalue weighted by atomic mass is 32.3. The van der Waals surface area contributed by atoms with E-state index in [1.54, 1.807) is 0 Å². The van der Waals surface area contributed by atoms with Crippen molar-refractivity contribution >= 4 is 18.3 Å². The first-order valence-electron chi connectivity index (χ1n) is 0.787. The van der Waals surface area contributed by atoms with Gasteiger partial charge < -0.3 is 0 Å². The third-order valence-corrected chi connectivity index (χ3v) is 0.655. The third-order valence-electron chi connectivity index (χ3n) is 0.0727. The average Bonchev–Trinajstić information content (AvgIpc) is 1.38. The molecule has 0 bridgehead atoms. The van der Waals surface area contributed by atoms with Crippen LogP contribution >= 0.6 is 0 Å². The fraction of sp³-hybridized carbons (Fsp3) is 0. The van der Waals surface area contributed by atoms with Crippen LogP contribution < -0.4 is 0 Å². The second kappa shape index (κ2) is 2.22. The first-order chi connectivity index (χ1) is 2.27. The summed E-state index contributed by atoms with van der Waals surface area (Å²) in [7, 11) is -4.26. The van der Waals surface area contributed by atoms with Crippen LogP contribution in [0.5, 0.6) is 0 Å². The minimum absolute atomic E-state index is 1.85. The van der Waals surface area contributed by atoms with Gasteiger partial charge in [0.25, 0.3) is 0 Å². The normalized spacial score (nSPS) is 6.60. The summed E-state index contributed by atoms with van der Waals surface area (Å²) in [5.74, 6) is 0. The van der Waals surface area contributed by atoms with Crippen LogP contribution in [0.15, 0.2) is 0 Å². The maximum atomic E-state index is 10.6. The fourth-order valence-electron chi connectivity index (χ4n) is 0. The van der Waals surface area contributed by atoms with Crippen molar-refractivity contribution in [3.05, 3.63) is 0 Å². The van der Waals surface area contributed by atoms with Crippen molar-refractivity contribution < 1.29 is 12.5 Å². The summed E-state index contributed by atoms with van der Waals surface area (Å²) < 4.78 is 28.6. The second-order valence-electron chi connectivity index (χ2n) is 0.350. The molecule has 0 aromatic rings. The average molecular weight is 112 g/mol. The molecule has 0 amide bonds. The molecule has 0 saturated heterocycles. The first-order valence-corrected chi connectivity index (χ1v) is 3.78. The SMILES string of the molecule is O=S(=O)=[SiH]F. The van der Waals surface area contributed by atoms with Crippen LogP contribution in [0.1, 0.15) is 0 Å². The largest absolute Gasteiger partial charge is 0.365 e. The van der Waals surface area contributed by atoms with E-state index in [2.05, 4.69) is 0 Å². The van der Waals surface area contributed by atoms with Crippen LogP contribution in [-0.2, 0) is 9.70 Å². The van der Waals surface area contributed by atoms with Gasteiger partial charge in [-0.25, -0.2) is 0 Å². The van der Waals surface area contributed by atoms with Crippen molar-refractivity contribution in [3.63, 3.8) is 0 Å². The van der Waals surface area contributed by atoms with Crippen molar-refractivity contribution in [3.8, 4) is 0 Å². The molecule has 30 valence electrons. The summed E-state index contributed by atoms with van der Waals surface area (Å²) >= 11 is 0. The van der Waals surface area contributed by atoms with Gasteiger partial charge in [-0.1, -0.05) is 0 Å². The lowest BCUT2D eigenvalue weighted by Crippen LogP contribution is -1.56. The van der Waals surface area contributed by atoms with Gasteiger partial charge in [0.2, 0.25) is 0 Å². The van der Waals surface area contributed by atoms with Crippen molar-refractivity contribution in [2.45, 2.75) is 0 Å². The molecule has 0 radical (unpaired) electrons. The Morgan fingerprint density at radius 2 is 1.80 bits per heavy atom. The van der Waals surface area contributed by atoms with Crippen LogP contribution in [0.2, 0.25) is 0 Å². The number of halogens is 1. The van der Waals surface area contributed by atoms with Crippen molar-refractivity contribution in [2.75, 3.05) is 0 Å². The van der Waals surface area contributed by atoms with Gasteiger partial charge in [-0.2, -0.15) is 8.42 Å². The Balaban J connectivity index is 4.25. The van der Waals surface area contributed by atoms with E-state index >= 15 is 0 Å². The molecule has 5 heteroatoms. The van der Waals surface area contributed by atoms with Gasteiger partial charge in [0.05, 0.1) is 0 Å². The smallest absolute Gasteiger partial charge is 0.267 e. The minimum atomic E-state index is -2.41. The lowest BCUT2D eigenvalue weighted by Gasteiger charge is -1.33. The highest BCUT2D eigenvalue weighted by Gasteiger charge is 1.55. The summed E-state index contributed by atoms with van der Waals surface area (Å²) in [5, 5.41) is 0. The predicted octanol–water partition coefficient (Wildman–Crippen LogP) is -0.898. The zero-order chi connectivity index (χ0) is 4.28. The first kappa shape index (κ1) is 4.97. The van der Waals surface area contributed by atoms with Crippen molar-refractivity contribution in [1.29, 1.82) is 0 Å². The van der Waals surface area contributed by atoms with Crippen molar-refractivity contribution in [2.24, 2.45) is 0 Å². The standard InChI is InChI=1S/FHO2SSi/c1-5-4(2)3/h5H. The fourth-order valence-corrected chi connectivity index (χ4v) is 0. The molecule has 0 aromatic heterocycles. The van der Waals surface area contributed by atoms with Gasteiger partial charge in [-0.3, -0.25) is 4.11 Å². The molecule has 0 aliphatic carbocycles. The van der Waals surface area contributed by atoms with E-state index in [9.17, 15) is 4.11 Å². The number of hydrogen-bond acceptors (Lipinski definition) is 2. The molecule has 0 rings (SSSR count). The predicted molar refractivity (Wildman–Crippen MR) is 17.2 cm³/mol. The summed E-state index contributed by atoms with van der Waals surface area (Å²) in [4.78, 5) is 0. The molecule has 0 N–H and O–H groups in total. The van der Waals surface area contributed by atoms with Crippen molar-refractivity contribution in [1.82, 2.24) is 0 Å². The summed E-state index contributed by atoms with van der Waals surface area (Å²) in [6.45, 7) is 0. The molecular weight excluding hydrogens is 111 g/mol. The topological polar surface area (TPSA) is 34.1 Å². The molecule has 0 saturated carbocycles. The van der Waals surface area contributed by atoms with Gasteiger partial charge in [0.15, 0.2) is 9.70 Å². The third kappa shape index (κ3) is 3.97. The van der Waals surface area contributed by atoms with E-state index < -0.39 is 18.3 Å². The molecule has 5 heavy (non-hydrogen) atoms. The Kier molecular flexibility index (Phi) is 2.20. The van der Waals surface area contributed by atoms with Gasteiger partial charge in [-0.15, -0.1) is 0 Å². The van der Waals surface area contributed by atoms with Gasteiger partial charge in [0, 0.05) is 0 Å². The summed E-state index contributed by atoms with van der Waals surface area (Å²) in [5.41, 5.74) is 0. The van der Waals surface area contributed by atoms with Gasteiger partial charge >= 0.3 is 8.56 Å². The minimum Gasteiger partial charge on any atom is -0.267 e. The number of rotatable bonds is 0. The van der Waals surface area contributed by atoms with Crippen LogP contribution in [0.25, 0.3) is 0 Å². The maximum Gasteiger partial charge on any atom is 0.365 e. The molecule has 0 atom stereocenters. The molecule has 0 spiro atoms. The molecule has 0 heterocycles. The summed E-state index contributed by atoms with van der Waals surface area (Å²) in [6, 6.07) is 0. The molecule has 0 aromatic carbocycles. The highest BCUT2D eigenvalue weighted by molar-refractivity contribution is 7.78. The van der Waals surface area contributed by atoms with E-state index in [0.29, 0.717) is 0 Å². The highest BCUT2D eigenvalue weighted by Crippen LogP contribution is 1.35. The molecule has 0 aliphatic rings. The van der Waals surface area contributed by atoms with E-state index in [4.69, 9.17) is 8.42 Å². The van der Waals surface area contributed by atoms with Gasteiger partial charge in [-0.05, 0) is 0 Å². The van der Waals surface area contributed by atoms with Gasteiger partial charge in [0.1, 0.15) is 0 Å². The zero-order valence-corrected chi connectivity index (χ0v) is 4.15. The Hall–Kier alpha value is -0.0331. The monoisotopic (exact) mass is 112 g/mol. The molecule has 0 unspecified atom stereocenters. The lowest BCUT2D eigenvalue weighted by atomic mass is 15.9. The van der Waals surface area contributed by atoms with Crippen LogP contribution in [0, 0.1) is 0 Å². The van der Waals surface area contributed by atoms with E-state index in [-0.39, 0.29) is 0 Å². The van der Waals surface area contributed by atoms with E-state index in [0.717, 1.165) is 0 Å². The number of hydrogen-bond donors (Lipinski definition) is 0. The maximum absolute atomic E-state index is 10.6. The second-order valence-corrected chi connectivity index (χ2v) is 2.74. The molecule has 0 fully saturated rings. The Morgan fingerprint density at radius 1 is 1.60 bits per heavy atom. The Labute approximate surface area is 31.7 Å².